The molecule has 0 amide bonds. The Bertz CT molecular complexity index is 1300. The Balaban J connectivity index is 1.69. The lowest BCUT2D eigenvalue weighted by Crippen LogP contribution is -2.29. The number of benzene rings is 3. The lowest BCUT2D eigenvalue weighted by atomic mass is 9.88. The standard InChI is InChI=1S/C24H18N2O4S/c1-29-18-10-8-17(9-11-18)24(28)19(13-15-5-3-2-4-6-15)22(23(27)30-24)16-7-12-20-21(14-16)26-31-25-20/h2-12,14,28H,13H2,1H3. The molecule has 4 aromatic rings. The van der Waals surface area contributed by atoms with E-state index in [9.17, 15) is 9.90 Å². The summed E-state index contributed by atoms with van der Waals surface area (Å²) in [5, 5.41) is 11.7. The predicted molar refractivity (Wildman–Crippen MR) is 117 cm³/mol. The first-order chi connectivity index (χ1) is 15.1. The van der Waals surface area contributed by atoms with Gasteiger partial charge in [-0.1, -0.05) is 36.4 Å². The van der Waals surface area contributed by atoms with Crippen LogP contribution in [-0.2, 0) is 21.7 Å². The molecular formula is C24H18N2O4S. The summed E-state index contributed by atoms with van der Waals surface area (Å²) in [6.45, 7) is 0. The molecule has 1 atom stereocenters. The number of ether oxygens (including phenoxy) is 2. The van der Waals surface area contributed by atoms with Crippen molar-refractivity contribution >= 4 is 34.3 Å². The van der Waals surface area contributed by atoms with E-state index < -0.39 is 11.8 Å². The number of hydrogen-bond acceptors (Lipinski definition) is 7. The molecule has 5 rings (SSSR count). The third-order valence-electron chi connectivity index (χ3n) is 5.40. The summed E-state index contributed by atoms with van der Waals surface area (Å²) in [5.74, 6) is -1.82. The average molecular weight is 430 g/mol. The molecule has 0 radical (unpaired) electrons. The van der Waals surface area contributed by atoms with Gasteiger partial charge in [-0.15, -0.1) is 0 Å². The van der Waals surface area contributed by atoms with Crippen molar-refractivity contribution in [3.63, 3.8) is 0 Å². The molecule has 1 aliphatic rings. The van der Waals surface area contributed by atoms with Gasteiger partial charge in [0.2, 0.25) is 0 Å². The molecule has 1 N–H and O–H groups in total. The molecule has 1 unspecified atom stereocenters. The summed E-state index contributed by atoms with van der Waals surface area (Å²) < 4.78 is 19.3. The maximum absolute atomic E-state index is 13.1. The first kappa shape index (κ1) is 19.4. The van der Waals surface area contributed by atoms with E-state index in [-0.39, 0.29) is 0 Å². The summed E-state index contributed by atoms with van der Waals surface area (Å²) in [6.07, 6.45) is 0.345. The fourth-order valence-electron chi connectivity index (χ4n) is 3.83. The fourth-order valence-corrected chi connectivity index (χ4v) is 4.34. The highest BCUT2D eigenvalue weighted by Gasteiger charge is 2.48. The number of methoxy groups -OCH3 is 1. The largest absolute Gasteiger partial charge is 0.497 e. The van der Waals surface area contributed by atoms with Crippen LogP contribution in [0, 0.1) is 0 Å². The van der Waals surface area contributed by atoms with E-state index in [4.69, 9.17) is 9.47 Å². The summed E-state index contributed by atoms with van der Waals surface area (Å²) in [4.78, 5) is 13.1. The molecule has 0 fully saturated rings. The molecule has 31 heavy (non-hydrogen) atoms. The normalized spacial score (nSPS) is 18.5. The van der Waals surface area contributed by atoms with E-state index >= 15 is 0 Å². The minimum absolute atomic E-state index is 0.345. The van der Waals surface area contributed by atoms with E-state index in [2.05, 4.69) is 8.75 Å². The Morgan fingerprint density at radius 3 is 2.48 bits per heavy atom. The molecular weight excluding hydrogens is 412 g/mol. The number of cyclic esters (lactones) is 1. The Hall–Kier alpha value is -3.55. The molecule has 0 saturated carbocycles. The summed E-state index contributed by atoms with van der Waals surface area (Å²) >= 11 is 1.11. The molecule has 1 aliphatic heterocycles. The quantitative estimate of drug-likeness (QED) is 0.480. The minimum atomic E-state index is -1.89. The van der Waals surface area contributed by atoms with Crippen LogP contribution in [0.5, 0.6) is 5.75 Å². The van der Waals surface area contributed by atoms with Crippen LogP contribution in [0.2, 0.25) is 0 Å². The van der Waals surface area contributed by atoms with Crippen molar-refractivity contribution in [1.29, 1.82) is 0 Å². The van der Waals surface area contributed by atoms with Crippen molar-refractivity contribution in [2.24, 2.45) is 0 Å². The van der Waals surface area contributed by atoms with Crippen LogP contribution in [0.3, 0.4) is 0 Å². The molecule has 2 heterocycles. The van der Waals surface area contributed by atoms with Crippen molar-refractivity contribution in [3.8, 4) is 5.75 Å². The van der Waals surface area contributed by atoms with Gasteiger partial charge in [-0.25, -0.2) is 4.79 Å². The smallest absolute Gasteiger partial charge is 0.342 e. The molecule has 0 spiro atoms. The maximum Gasteiger partial charge on any atom is 0.342 e. The Morgan fingerprint density at radius 2 is 1.74 bits per heavy atom. The lowest BCUT2D eigenvalue weighted by molar-refractivity contribution is -0.185. The van der Waals surface area contributed by atoms with Crippen molar-refractivity contribution in [1.82, 2.24) is 8.75 Å². The fraction of sp³-hybridized carbons (Fsp3) is 0.125. The van der Waals surface area contributed by atoms with Gasteiger partial charge in [0.05, 0.1) is 24.4 Å². The molecule has 3 aromatic carbocycles. The summed E-state index contributed by atoms with van der Waals surface area (Å²) in [7, 11) is 1.57. The van der Waals surface area contributed by atoms with Crippen LogP contribution >= 0.6 is 11.7 Å². The lowest BCUT2D eigenvalue weighted by Gasteiger charge is -2.26. The summed E-state index contributed by atoms with van der Waals surface area (Å²) in [6, 6.07) is 22.0. The molecule has 0 saturated heterocycles. The van der Waals surface area contributed by atoms with E-state index in [1.165, 1.54) is 0 Å². The number of fused-ring (bicyclic) bond motifs is 1. The summed E-state index contributed by atoms with van der Waals surface area (Å²) in [5.41, 5.74) is 4.34. The van der Waals surface area contributed by atoms with Crippen LogP contribution < -0.4 is 4.74 Å². The Morgan fingerprint density at radius 1 is 1.00 bits per heavy atom. The first-order valence-electron chi connectivity index (χ1n) is 9.69. The molecule has 6 nitrogen and oxygen atoms in total. The van der Waals surface area contributed by atoms with E-state index in [0.717, 1.165) is 22.8 Å². The van der Waals surface area contributed by atoms with Gasteiger partial charge in [0, 0.05) is 17.6 Å². The maximum atomic E-state index is 13.1. The number of nitrogens with zero attached hydrogens (tertiary/aromatic N) is 2. The number of carbonyl (C=O) groups is 1. The highest BCUT2D eigenvalue weighted by Crippen LogP contribution is 2.45. The topological polar surface area (TPSA) is 81.5 Å². The SMILES string of the molecule is COc1ccc(C2(O)OC(=O)C(c3ccc4nsnc4c3)=C2Cc2ccccc2)cc1. The highest BCUT2D eigenvalue weighted by molar-refractivity contribution is 7.00. The van der Waals surface area contributed by atoms with Gasteiger partial charge in [-0.2, -0.15) is 8.75 Å². The monoisotopic (exact) mass is 430 g/mol. The first-order valence-corrected chi connectivity index (χ1v) is 10.4. The number of rotatable bonds is 5. The highest BCUT2D eigenvalue weighted by atomic mass is 32.1. The zero-order valence-electron chi connectivity index (χ0n) is 16.6. The number of carbonyl (C=O) groups excluding carboxylic acids is 1. The van der Waals surface area contributed by atoms with Crippen LogP contribution in [0.4, 0.5) is 0 Å². The second kappa shape index (κ2) is 7.61. The van der Waals surface area contributed by atoms with Crippen LogP contribution in [0.1, 0.15) is 16.7 Å². The van der Waals surface area contributed by atoms with Gasteiger partial charge in [0.1, 0.15) is 16.8 Å². The van der Waals surface area contributed by atoms with Crippen LogP contribution in [0.15, 0.2) is 78.4 Å². The van der Waals surface area contributed by atoms with Crippen molar-refractivity contribution < 1.29 is 19.4 Å². The zero-order chi connectivity index (χ0) is 21.4. The predicted octanol–water partition coefficient (Wildman–Crippen LogP) is 4.10. The van der Waals surface area contributed by atoms with Gasteiger partial charge in [-0.3, -0.25) is 0 Å². The van der Waals surface area contributed by atoms with Gasteiger partial charge >= 0.3 is 5.97 Å². The van der Waals surface area contributed by atoms with Gasteiger partial charge in [-0.05, 0) is 47.5 Å². The zero-order valence-corrected chi connectivity index (χ0v) is 17.4. The van der Waals surface area contributed by atoms with Crippen LogP contribution in [0.25, 0.3) is 16.6 Å². The van der Waals surface area contributed by atoms with E-state index in [1.54, 1.807) is 37.4 Å². The van der Waals surface area contributed by atoms with E-state index in [1.807, 2.05) is 42.5 Å². The second-order valence-electron chi connectivity index (χ2n) is 7.25. The Labute approximate surface area is 182 Å². The van der Waals surface area contributed by atoms with Crippen LogP contribution in [-0.4, -0.2) is 26.9 Å². The number of aromatic nitrogens is 2. The van der Waals surface area contributed by atoms with Crippen molar-refractivity contribution in [3.05, 3.63) is 95.1 Å². The molecule has 154 valence electrons. The number of hydrogen-bond donors (Lipinski definition) is 1. The van der Waals surface area contributed by atoms with E-state index in [0.29, 0.717) is 40.0 Å². The second-order valence-corrected chi connectivity index (χ2v) is 7.77. The average Bonchev–Trinajstić information content (AvgIpc) is 3.36. The Kier molecular flexibility index (Phi) is 4.77. The van der Waals surface area contributed by atoms with Crippen molar-refractivity contribution in [2.45, 2.75) is 12.2 Å². The molecule has 1 aromatic heterocycles. The number of aliphatic hydroxyl groups is 1. The minimum Gasteiger partial charge on any atom is -0.497 e. The number of esters is 1. The molecule has 7 heteroatoms. The third kappa shape index (κ3) is 3.37. The van der Waals surface area contributed by atoms with Gasteiger partial charge in [0.25, 0.3) is 5.79 Å². The van der Waals surface area contributed by atoms with Crippen molar-refractivity contribution in [2.75, 3.05) is 7.11 Å². The van der Waals surface area contributed by atoms with Gasteiger partial charge < -0.3 is 14.6 Å². The molecule has 0 bridgehead atoms. The third-order valence-corrected chi connectivity index (χ3v) is 5.96. The van der Waals surface area contributed by atoms with Gasteiger partial charge in [0.15, 0.2) is 0 Å². The molecule has 0 aliphatic carbocycles.